The summed E-state index contributed by atoms with van der Waals surface area (Å²) >= 11 is 1.40. The number of esters is 1. The van der Waals surface area contributed by atoms with Crippen molar-refractivity contribution in [2.75, 3.05) is 38.3 Å². The molecule has 1 aliphatic rings. The van der Waals surface area contributed by atoms with Crippen LogP contribution < -0.4 is 4.90 Å². The minimum atomic E-state index is -0.315. The Kier molecular flexibility index (Phi) is 6.73. The van der Waals surface area contributed by atoms with Gasteiger partial charge in [0.05, 0.1) is 26.0 Å². The van der Waals surface area contributed by atoms with Crippen LogP contribution in [0.3, 0.4) is 0 Å². The van der Waals surface area contributed by atoms with Crippen molar-refractivity contribution in [3.8, 4) is 5.69 Å². The third-order valence-corrected chi connectivity index (χ3v) is 5.89. The van der Waals surface area contributed by atoms with Crippen molar-refractivity contribution >= 4 is 23.7 Å². The first kappa shape index (κ1) is 19.7. The van der Waals surface area contributed by atoms with Gasteiger partial charge in [-0.3, -0.25) is 9.36 Å². The highest BCUT2D eigenvalue weighted by Gasteiger charge is 2.27. The van der Waals surface area contributed by atoms with Crippen LogP contribution in [-0.4, -0.2) is 59.4 Å². The molecule has 1 aromatic carbocycles. The molecule has 0 amide bonds. The maximum Gasteiger partial charge on any atom is 0.319 e. The van der Waals surface area contributed by atoms with Crippen molar-refractivity contribution in [1.29, 1.82) is 0 Å². The summed E-state index contributed by atoms with van der Waals surface area (Å²) in [5.41, 5.74) is 2.26. The van der Waals surface area contributed by atoms with Crippen molar-refractivity contribution < 1.29 is 14.3 Å². The molecule has 1 fully saturated rings. The summed E-state index contributed by atoms with van der Waals surface area (Å²) in [7, 11) is 1.42. The smallest absolute Gasteiger partial charge is 0.319 e. The van der Waals surface area contributed by atoms with Crippen LogP contribution in [0, 0.1) is 0 Å². The summed E-state index contributed by atoms with van der Waals surface area (Å²) in [6.45, 7) is 6.98. The summed E-state index contributed by atoms with van der Waals surface area (Å²) in [6.07, 6.45) is 1.56. The number of aromatic nitrogens is 3. The number of aryl methyl sites for hydroxylation is 1. The van der Waals surface area contributed by atoms with Gasteiger partial charge >= 0.3 is 5.97 Å². The number of anilines is 1. The molecular weight excluding hydrogens is 364 g/mol. The molecular formula is C19H26N4O3S. The highest BCUT2D eigenvalue weighted by Crippen LogP contribution is 2.32. The molecule has 0 radical (unpaired) electrons. The van der Waals surface area contributed by atoms with E-state index >= 15 is 0 Å². The Morgan fingerprint density at radius 3 is 2.67 bits per heavy atom. The zero-order chi connectivity index (χ0) is 19.2. The van der Waals surface area contributed by atoms with Crippen molar-refractivity contribution in [2.24, 2.45) is 0 Å². The average Bonchev–Trinajstić information content (AvgIpc) is 3.15. The van der Waals surface area contributed by atoms with Crippen LogP contribution in [-0.2, 0) is 20.7 Å². The Balaban J connectivity index is 2.05. The van der Waals surface area contributed by atoms with Crippen LogP contribution >= 0.6 is 11.8 Å². The van der Waals surface area contributed by atoms with Gasteiger partial charge in [0.2, 0.25) is 5.95 Å². The van der Waals surface area contributed by atoms with E-state index in [-0.39, 0.29) is 11.2 Å². The quantitative estimate of drug-likeness (QED) is 0.532. The number of thioether (sulfide) groups is 1. The van der Waals surface area contributed by atoms with Crippen molar-refractivity contribution in [3.05, 3.63) is 29.8 Å². The fourth-order valence-electron chi connectivity index (χ4n) is 3.10. The monoisotopic (exact) mass is 390 g/mol. The molecule has 2 aromatic rings. The Bertz CT molecular complexity index is 774. The number of carbonyl (C=O) groups is 1. The van der Waals surface area contributed by atoms with E-state index < -0.39 is 0 Å². The number of carbonyl (C=O) groups excluding carboxylic acids is 1. The van der Waals surface area contributed by atoms with Gasteiger partial charge in [0.25, 0.3) is 0 Å². The van der Waals surface area contributed by atoms with E-state index in [1.165, 1.54) is 24.4 Å². The first-order valence-electron chi connectivity index (χ1n) is 9.30. The maximum absolute atomic E-state index is 12.1. The fraction of sp³-hybridized carbons (Fsp3) is 0.526. The second-order valence-corrected chi connectivity index (χ2v) is 7.41. The molecule has 1 aliphatic heterocycles. The molecule has 0 spiro atoms. The van der Waals surface area contributed by atoms with Gasteiger partial charge in [-0.05, 0) is 24.5 Å². The van der Waals surface area contributed by atoms with Crippen molar-refractivity contribution in [2.45, 2.75) is 37.1 Å². The highest BCUT2D eigenvalue weighted by molar-refractivity contribution is 8.00. The van der Waals surface area contributed by atoms with E-state index in [2.05, 4.69) is 38.7 Å². The minimum absolute atomic E-state index is 0.242. The van der Waals surface area contributed by atoms with E-state index in [0.29, 0.717) is 24.8 Å². The molecule has 1 aromatic heterocycles. The summed E-state index contributed by atoms with van der Waals surface area (Å²) in [6, 6.07) is 8.25. The minimum Gasteiger partial charge on any atom is -0.468 e. The van der Waals surface area contributed by atoms with Crippen molar-refractivity contribution in [1.82, 2.24) is 14.8 Å². The van der Waals surface area contributed by atoms with E-state index in [0.717, 1.165) is 31.1 Å². The Morgan fingerprint density at radius 2 is 2.00 bits per heavy atom. The number of benzene rings is 1. The zero-order valence-electron chi connectivity index (χ0n) is 16.1. The van der Waals surface area contributed by atoms with Crippen LogP contribution in [0.4, 0.5) is 5.95 Å². The third kappa shape index (κ3) is 4.27. The van der Waals surface area contributed by atoms with Gasteiger partial charge in [-0.2, -0.15) is 0 Å². The second-order valence-electron chi connectivity index (χ2n) is 6.24. The van der Waals surface area contributed by atoms with Crippen LogP contribution in [0.2, 0.25) is 0 Å². The molecule has 7 nitrogen and oxygen atoms in total. The summed E-state index contributed by atoms with van der Waals surface area (Å²) in [5.74, 6) is 0.551. The molecule has 0 saturated carbocycles. The lowest BCUT2D eigenvalue weighted by molar-refractivity contribution is -0.140. The van der Waals surface area contributed by atoms with Gasteiger partial charge in [0.15, 0.2) is 5.16 Å². The van der Waals surface area contributed by atoms with Crippen LogP contribution in [0.15, 0.2) is 29.4 Å². The third-order valence-electron chi connectivity index (χ3n) is 4.61. The SMILES string of the molecule is CCc1ccccc1-n1c(SC(CC)C(=O)OC)nnc1N1CCOCC1. The van der Waals surface area contributed by atoms with E-state index in [9.17, 15) is 4.79 Å². The zero-order valence-corrected chi connectivity index (χ0v) is 16.9. The van der Waals surface area contributed by atoms with E-state index in [1.54, 1.807) is 0 Å². The normalized spacial score (nSPS) is 15.6. The first-order valence-corrected chi connectivity index (χ1v) is 10.2. The molecule has 0 N–H and O–H groups in total. The largest absolute Gasteiger partial charge is 0.468 e. The molecule has 27 heavy (non-hydrogen) atoms. The molecule has 0 aliphatic carbocycles. The lowest BCUT2D eigenvalue weighted by atomic mass is 10.1. The molecule has 146 valence electrons. The standard InChI is InChI=1S/C19H26N4O3S/c1-4-14-8-6-7-9-15(14)23-18(22-10-12-26-13-11-22)20-21-19(23)27-16(5-2)17(24)25-3/h6-9,16H,4-5,10-13H2,1-3H3. The van der Waals surface area contributed by atoms with E-state index in [4.69, 9.17) is 9.47 Å². The number of hydrogen-bond donors (Lipinski definition) is 0. The Hall–Kier alpha value is -2.06. The van der Waals surface area contributed by atoms with Crippen LogP contribution in [0.5, 0.6) is 0 Å². The lowest BCUT2D eigenvalue weighted by Gasteiger charge is -2.28. The summed E-state index contributed by atoms with van der Waals surface area (Å²) < 4.78 is 12.5. The molecule has 2 heterocycles. The number of nitrogens with zero attached hydrogens (tertiary/aromatic N) is 4. The number of rotatable bonds is 7. The molecule has 8 heteroatoms. The first-order chi connectivity index (χ1) is 13.2. The molecule has 1 atom stereocenters. The summed E-state index contributed by atoms with van der Waals surface area (Å²) in [5, 5.41) is 9.30. The number of ether oxygens (including phenoxy) is 2. The van der Waals surface area contributed by atoms with Crippen molar-refractivity contribution in [3.63, 3.8) is 0 Å². The van der Waals surface area contributed by atoms with Crippen LogP contribution in [0.25, 0.3) is 5.69 Å². The molecule has 0 bridgehead atoms. The van der Waals surface area contributed by atoms with Gasteiger partial charge in [-0.1, -0.05) is 43.8 Å². The molecule has 1 unspecified atom stereocenters. The Labute approximate surface area is 164 Å². The van der Waals surface area contributed by atoms with E-state index in [1.807, 2.05) is 19.1 Å². The number of morpholine rings is 1. The molecule has 3 rings (SSSR count). The van der Waals surface area contributed by atoms with Gasteiger partial charge < -0.3 is 14.4 Å². The predicted octanol–water partition coefficient (Wildman–Crippen LogP) is 2.71. The number of methoxy groups -OCH3 is 1. The maximum atomic E-state index is 12.1. The van der Waals surface area contributed by atoms with Gasteiger partial charge in [-0.15, -0.1) is 10.2 Å². The van der Waals surface area contributed by atoms with Gasteiger partial charge in [0.1, 0.15) is 5.25 Å². The number of para-hydroxylation sites is 1. The highest BCUT2D eigenvalue weighted by atomic mass is 32.2. The molecule has 1 saturated heterocycles. The lowest BCUT2D eigenvalue weighted by Crippen LogP contribution is -2.38. The second kappa shape index (κ2) is 9.23. The van der Waals surface area contributed by atoms with Crippen LogP contribution in [0.1, 0.15) is 25.8 Å². The average molecular weight is 391 g/mol. The van der Waals surface area contributed by atoms with Gasteiger partial charge in [-0.25, -0.2) is 0 Å². The van der Waals surface area contributed by atoms with Gasteiger partial charge in [0, 0.05) is 13.1 Å². The summed E-state index contributed by atoms with van der Waals surface area (Å²) in [4.78, 5) is 14.3. The fourth-order valence-corrected chi connectivity index (χ4v) is 4.09. The Morgan fingerprint density at radius 1 is 1.26 bits per heavy atom. The number of hydrogen-bond acceptors (Lipinski definition) is 7. The predicted molar refractivity (Wildman–Crippen MR) is 106 cm³/mol. The topological polar surface area (TPSA) is 69.5 Å².